The van der Waals surface area contributed by atoms with Crippen molar-refractivity contribution in [3.63, 3.8) is 0 Å². The molecule has 1 aromatic rings. The molecular formula is C15H24ClFN2O2. The first-order valence-electron chi connectivity index (χ1n) is 7.15. The van der Waals surface area contributed by atoms with Crippen molar-refractivity contribution in [2.75, 3.05) is 39.9 Å². The smallest absolute Gasteiger partial charge is 0.165 e. The third kappa shape index (κ3) is 4.81. The fourth-order valence-electron chi connectivity index (χ4n) is 2.73. The predicted octanol–water partition coefficient (Wildman–Crippen LogP) is 1.97. The average molecular weight is 319 g/mol. The summed E-state index contributed by atoms with van der Waals surface area (Å²) >= 11 is 0. The molecule has 2 N–H and O–H groups in total. The summed E-state index contributed by atoms with van der Waals surface area (Å²) in [5.74, 6) is -0.0518. The van der Waals surface area contributed by atoms with Crippen molar-refractivity contribution in [1.82, 2.24) is 10.2 Å². The Labute approximate surface area is 131 Å². The number of hydrogen-bond acceptors (Lipinski definition) is 4. The number of aliphatic hydroxyl groups excluding tert-OH is 1. The van der Waals surface area contributed by atoms with Crippen LogP contribution < -0.4 is 10.1 Å². The highest BCUT2D eigenvalue weighted by Crippen LogP contribution is 2.29. The zero-order chi connectivity index (χ0) is 14.4. The van der Waals surface area contributed by atoms with E-state index < -0.39 is 0 Å². The van der Waals surface area contributed by atoms with E-state index in [9.17, 15) is 4.39 Å². The first-order valence-corrected chi connectivity index (χ1v) is 7.15. The summed E-state index contributed by atoms with van der Waals surface area (Å²) in [6.07, 6.45) is 1.56. The van der Waals surface area contributed by atoms with Crippen LogP contribution in [0.1, 0.15) is 24.4 Å². The summed E-state index contributed by atoms with van der Waals surface area (Å²) in [5, 5.41) is 12.4. The molecule has 6 heteroatoms. The van der Waals surface area contributed by atoms with Crippen LogP contribution in [0.4, 0.5) is 4.39 Å². The normalized spacial score (nSPS) is 17.1. The average Bonchev–Trinajstić information content (AvgIpc) is 2.49. The second kappa shape index (κ2) is 9.20. The van der Waals surface area contributed by atoms with Gasteiger partial charge in [-0.05, 0) is 30.5 Å². The number of nitrogens with one attached hydrogen (secondary N) is 1. The number of piperazine rings is 1. The second-order valence-electron chi connectivity index (χ2n) is 5.06. The Balaban J connectivity index is 0.00000220. The van der Waals surface area contributed by atoms with Crippen molar-refractivity contribution >= 4 is 12.4 Å². The maximum atomic E-state index is 13.9. The summed E-state index contributed by atoms with van der Waals surface area (Å²) < 4.78 is 18.9. The zero-order valence-electron chi connectivity index (χ0n) is 12.3. The maximum Gasteiger partial charge on any atom is 0.165 e. The summed E-state index contributed by atoms with van der Waals surface area (Å²) in [7, 11) is 1.47. The van der Waals surface area contributed by atoms with E-state index in [0.29, 0.717) is 0 Å². The van der Waals surface area contributed by atoms with Gasteiger partial charge in [0.1, 0.15) is 0 Å². The first kappa shape index (κ1) is 18.2. The van der Waals surface area contributed by atoms with Gasteiger partial charge in [-0.15, -0.1) is 12.4 Å². The van der Waals surface area contributed by atoms with Crippen molar-refractivity contribution in [1.29, 1.82) is 0 Å². The van der Waals surface area contributed by atoms with Gasteiger partial charge >= 0.3 is 0 Å². The van der Waals surface area contributed by atoms with E-state index in [4.69, 9.17) is 9.84 Å². The Morgan fingerprint density at radius 1 is 1.38 bits per heavy atom. The van der Waals surface area contributed by atoms with Gasteiger partial charge in [-0.2, -0.15) is 0 Å². The Hall–Kier alpha value is -0.880. The van der Waals surface area contributed by atoms with Crippen LogP contribution in [0.3, 0.4) is 0 Å². The lowest BCUT2D eigenvalue weighted by atomic mass is 9.99. The number of benzene rings is 1. The molecule has 1 aliphatic heterocycles. The Morgan fingerprint density at radius 2 is 2.10 bits per heavy atom. The van der Waals surface area contributed by atoms with Gasteiger partial charge in [-0.3, -0.25) is 4.90 Å². The highest BCUT2D eigenvalue weighted by Gasteiger charge is 2.22. The molecule has 4 nitrogen and oxygen atoms in total. The van der Waals surface area contributed by atoms with E-state index in [0.717, 1.165) is 44.6 Å². The molecule has 120 valence electrons. The van der Waals surface area contributed by atoms with Gasteiger partial charge in [0.05, 0.1) is 7.11 Å². The van der Waals surface area contributed by atoms with Crippen LogP contribution in [0.15, 0.2) is 18.2 Å². The van der Waals surface area contributed by atoms with Gasteiger partial charge in [0.25, 0.3) is 0 Å². The highest BCUT2D eigenvalue weighted by molar-refractivity contribution is 5.85. The summed E-state index contributed by atoms with van der Waals surface area (Å²) in [6, 6.07) is 5.32. The number of methoxy groups -OCH3 is 1. The number of halogens is 2. The van der Waals surface area contributed by atoms with Crippen LogP contribution in [-0.4, -0.2) is 49.9 Å². The summed E-state index contributed by atoms with van der Waals surface area (Å²) in [6.45, 7) is 3.97. The van der Waals surface area contributed by atoms with E-state index in [1.165, 1.54) is 7.11 Å². The van der Waals surface area contributed by atoms with Crippen LogP contribution in [-0.2, 0) is 0 Å². The largest absolute Gasteiger partial charge is 0.494 e. The molecule has 0 aliphatic carbocycles. The first-order chi connectivity index (χ1) is 9.76. The maximum absolute atomic E-state index is 13.9. The van der Waals surface area contributed by atoms with Crippen molar-refractivity contribution in [3.8, 4) is 5.75 Å². The van der Waals surface area contributed by atoms with Crippen LogP contribution >= 0.6 is 12.4 Å². The molecule has 21 heavy (non-hydrogen) atoms. The second-order valence-corrected chi connectivity index (χ2v) is 5.06. The monoisotopic (exact) mass is 318 g/mol. The number of nitrogens with zero attached hydrogens (tertiary/aromatic N) is 1. The molecule has 0 radical (unpaired) electrons. The molecule has 0 saturated carbocycles. The molecule has 0 unspecified atom stereocenters. The molecular weight excluding hydrogens is 295 g/mol. The lowest BCUT2D eigenvalue weighted by Crippen LogP contribution is -2.45. The molecule has 1 saturated heterocycles. The van der Waals surface area contributed by atoms with E-state index >= 15 is 0 Å². The van der Waals surface area contributed by atoms with Gasteiger partial charge in [0.2, 0.25) is 0 Å². The van der Waals surface area contributed by atoms with Gasteiger partial charge in [0, 0.05) is 38.8 Å². The molecule has 1 aliphatic rings. The highest BCUT2D eigenvalue weighted by atomic mass is 35.5. The van der Waals surface area contributed by atoms with Crippen LogP contribution in [0.25, 0.3) is 0 Å². The van der Waals surface area contributed by atoms with E-state index in [-0.39, 0.29) is 36.6 Å². The Bertz CT molecular complexity index is 428. The van der Waals surface area contributed by atoms with E-state index in [2.05, 4.69) is 10.2 Å². The van der Waals surface area contributed by atoms with Crippen molar-refractivity contribution in [2.45, 2.75) is 18.9 Å². The molecule has 1 aromatic carbocycles. The lowest BCUT2D eigenvalue weighted by molar-refractivity contribution is 0.154. The third-order valence-corrected chi connectivity index (χ3v) is 3.79. The van der Waals surface area contributed by atoms with Gasteiger partial charge in [0.15, 0.2) is 11.6 Å². The van der Waals surface area contributed by atoms with Gasteiger partial charge < -0.3 is 15.2 Å². The fourth-order valence-corrected chi connectivity index (χ4v) is 2.73. The van der Waals surface area contributed by atoms with Gasteiger partial charge in [-0.25, -0.2) is 4.39 Å². The number of ether oxygens (including phenoxy) is 1. The Kier molecular flexibility index (Phi) is 7.96. The molecule has 1 atom stereocenters. The van der Waals surface area contributed by atoms with Crippen LogP contribution in [0.5, 0.6) is 5.75 Å². The Morgan fingerprint density at radius 3 is 2.67 bits per heavy atom. The third-order valence-electron chi connectivity index (χ3n) is 3.79. The number of hydrogen-bond donors (Lipinski definition) is 2. The summed E-state index contributed by atoms with van der Waals surface area (Å²) in [4.78, 5) is 2.35. The number of rotatable bonds is 6. The molecule has 1 heterocycles. The summed E-state index contributed by atoms with van der Waals surface area (Å²) in [5.41, 5.74) is 0.957. The fraction of sp³-hybridized carbons (Fsp3) is 0.600. The van der Waals surface area contributed by atoms with E-state index in [1.54, 1.807) is 12.1 Å². The van der Waals surface area contributed by atoms with Crippen molar-refractivity contribution < 1.29 is 14.2 Å². The topological polar surface area (TPSA) is 44.7 Å². The van der Waals surface area contributed by atoms with E-state index in [1.807, 2.05) is 6.07 Å². The minimum Gasteiger partial charge on any atom is -0.494 e. The molecule has 1 fully saturated rings. The molecule has 0 bridgehead atoms. The van der Waals surface area contributed by atoms with Crippen molar-refractivity contribution in [3.05, 3.63) is 29.6 Å². The quantitative estimate of drug-likeness (QED) is 0.842. The van der Waals surface area contributed by atoms with Crippen LogP contribution in [0.2, 0.25) is 0 Å². The minimum absolute atomic E-state index is 0. The molecule has 0 amide bonds. The molecule has 0 aromatic heterocycles. The van der Waals surface area contributed by atoms with Gasteiger partial charge in [-0.1, -0.05) is 6.07 Å². The lowest BCUT2D eigenvalue weighted by Gasteiger charge is -2.35. The predicted molar refractivity (Wildman–Crippen MR) is 83.7 cm³/mol. The SMILES string of the molecule is COc1ccc([C@@H](CCCO)N2CCNCC2)cc1F.Cl. The molecule has 0 spiro atoms. The number of aliphatic hydroxyl groups is 1. The minimum atomic E-state index is -0.325. The molecule has 2 rings (SSSR count). The van der Waals surface area contributed by atoms with Crippen molar-refractivity contribution in [2.24, 2.45) is 0 Å². The van der Waals surface area contributed by atoms with Crippen LogP contribution in [0, 0.1) is 5.82 Å². The standard InChI is InChI=1S/C15H23FN2O2.ClH/c1-20-15-5-4-12(11-13(15)16)14(3-2-10-19)18-8-6-17-7-9-18;/h4-5,11,14,17,19H,2-3,6-10H2,1H3;1H/t14-;/m1./s1. The zero-order valence-corrected chi connectivity index (χ0v) is 13.2.